The molecule has 1 aromatic carbocycles. The number of nitrogens with zero attached hydrogens (tertiary/aromatic N) is 2. The van der Waals surface area contributed by atoms with Gasteiger partial charge in [-0.2, -0.15) is 0 Å². The van der Waals surface area contributed by atoms with E-state index in [1.165, 1.54) is 21.9 Å². The van der Waals surface area contributed by atoms with Crippen LogP contribution in [0.1, 0.15) is 19.0 Å². The highest BCUT2D eigenvalue weighted by Crippen LogP contribution is 2.29. The van der Waals surface area contributed by atoms with E-state index >= 15 is 0 Å². The molecule has 0 aliphatic carbocycles. The summed E-state index contributed by atoms with van der Waals surface area (Å²) in [7, 11) is -3.80. The number of benzene rings is 1. The third-order valence-corrected chi connectivity index (χ3v) is 7.91. The smallest absolute Gasteiger partial charge is 0.318 e. The van der Waals surface area contributed by atoms with Crippen LogP contribution in [0.3, 0.4) is 0 Å². The maximum Gasteiger partial charge on any atom is 0.328 e. The van der Waals surface area contributed by atoms with Crippen LogP contribution < -0.4 is 5.48 Å². The van der Waals surface area contributed by atoms with E-state index in [4.69, 9.17) is 5.21 Å². The number of carbonyl (C=O) groups excluding carboxylic acids is 2. The van der Waals surface area contributed by atoms with Crippen LogP contribution in [0.4, 0.5) is 4.79 Å². The molecule has 2 aromatic rings. The van der Waals surface area contributed by atoms with Gasteiger partial charge in [0, 0.05) is 33.8 Å². The Hall–Kier alpha value is -1.92. The summed E-state index contributed by atoms with van der Waals surface area (Å²) in [6, 6.07) is 9.61. The van der Waals surface area contributed by atoms with E-state index in [9.17, 15) is 18.0 Å². The number of nitrogens with one attached hydrogen (secondary N) is 1. The summed E-state index contributed by atoms with van der Waals surface area (Å²) >= 11 is 2.23. The van der Waals surface area contributed by atoms with Crippen LogP contribution in [-0.2, 0) is 21.2 Å². The minimum atomic E-state index is -3.80. The molecule has 0 spiro atoms. The number of hydrogen-bond donors (Lipinski definition) is 2. The van der Waals surface area contributed by atoms with Crippen molar-refractivity contribution in [3.63, 3.8) is 0 Å². The predicted octanol–water partition coefficient (Wildman–Crippen LogP) is 2.24. The van der Waals surface area contributed by atoms with Gasteiger partial charge < -0.3 is 4.90 Å². The van der Waals surface area contributed by atoms with Crippen molar-refractivity contribution in [1.82, 2.24) is 14.9 Å². The molecule has 1 atom stereocenters. The molecular weight excluding hydrogens is 497 g/mol. The van der Waals surface area contributed by atoms with Crippen molar-refractivity contribution in [3.8, 4) is 11.1 Å². The van der Waals surface area contributed by atoms with E-state index in [0.29, 0.717) is 6.54 Å². The van der Waals surface area contributed by atoms with Crippen LogP contribution in [0.2, 0.25) is 0 Å². The summed E-state index contributed by atoms with van der Waals surface area (Å²) in [6.45, 7) is 1.63. The summed E-state index contributed by atoms with van der Waals surface area (Å²) < 4.78 is 24.9. The third-order valence-electron chi connectivity index (χ3n) is 5.17. The first kappa shape index (κ1) is 20.8. The number of rotatable bonds is 6. The highest BCUT2D eigenvalue weighted by Gasteiger charge is 2.44. The Balaban J connectivity index is 1.75. The fourth-order valence-corrected chi connectivity index (χ4v) is 4.34. The average molecular weight is 517 g/mol. The van der Waals surface area contributed by atoms with Gasteiger partial charge in [0.1, 0.15) is 0 Å². The van der Waals surface area contributed by atoms with Gasteiger partial charge in [0.15, 0.2) is 14.6 Å². The van der Waals surface area contributed by atoms with E-state index in [1.54, 1.807) is 6.20 Å². The number of halogens is 1. The Morgan fingerprint density at radius 1 is 1.29 bits per heavy atom. The SMILES string of the molecule is CC(CCN1Cc2cc(-c3ccc(I)cc3)cn2C1=O)(C(=O)NO)S(C)(=O)=O. The second-order valence-electron chi connectivity index (χ2n) is 7.00. The van der Waals surface area contributed by atoms with Gasteiger partial charge in [0.25, 0.3) is 5.91 Å². The lowest BCUT2D eigenvalue weighted by atomic mass is 10.1. The molecule has 2 N–H and O–H groups in total. The Labute approximate surface area is 176 Å². The number of hydrogen-bond acceptors (Lipinski definition) is 5. The Morgan fingerprint density at radius 3 is 2.46 bits per heavy atom. The normalized spacial score (nSPS) is 16.0. The number of aromatic nitrogens is 1. The topological polar surface area (TPSA) is 109 Å². The fourth-order valence-electron chi connectivity index (χ4n) is 3.13. The summed E-state index contributed by atoms with van der Waals surface area (Å²) in [5, 5.41) is 8.89. The zero-order chi connectivity index (χ0) is 20.7. The average Bonchev–Trinajstić information content (AvgIpc) is 3.18. The van der Waals surface area contributed by atoms with Gasteiger partial charge >= 0.3 is 6.03 Å². The molecule has 0 saturated carbocycles. The van der Waals surface area contributed by atoms with Crippen LogP contribution in [0.15, 0.2) is 36.5 Å². The van der Waals surface area contributed by atoms with Gasteiger partial charge in [-0.05, 0) is 59.7 Å². The molecule has 1 aromatic heterocycles. The van der Waals surface area contributed by atoms with Gasteiger partial charge in [-0.1, -0.05) is 12.1 Å². The van der Waals surface area contributed by atoms with E-state index < -0.39 is 20.5 Å². The van der Waals surface area contributed by atoms with Crippen molar-refractivity contribution in [1.29, 1.82) is 0 Å². The van der Waals surface area contributed by atoms with E-state index in [0.717, 1.165) is 26.6 Å². The summed E-state index contributed by atoms with van der Waals surface area (Å²) in [6.07, 6.45) is 2.57. The quantitative estimate of drug-likeness (QED) is 0.347. The molecule has 3 rings (SSSR count). The predicted molar refractivity (Wildman–Crippen MR) is 112 cm³/mol. The number of carbonyl (C=O) groups is 2. The van der Waals surface area contributed by atoms with E-state index in [2.05, 4.69) is 22.6 Å². The highest BCUT2D eigenvalue weighted by molar-refractivity contribution is 14.1. The van der Waals surface area contributed by atoms with Crippen molar-refractivity contribution >= 4 is 44.4 Å². The Kier molecular flexibility index (Phi) is 5.56. The van der Waals surface area contributed by atoms with Crippen LogP contribution in [0, 0.1) is 3.57 Å². The van der Waals surface area contributed by atoms with Gasteiger partial charge in [-0.25, -0.2) is 18.7 Å². The molecular formula is C18H20IN3O5S. The molecule has 0 radical (unpaired) electrons. The molecule has 8 nitrogen and oxygen atoms in total. The van der Waals surface area contributed by atoms with Crippen LogP contribution >= 0.6 is 22.6 Å². The number of sulfone groups is 1. The molecule has 1 aliphatic heterocycles. The first-order valence-corrected chi connectivity index (χ1v) is 11.4. The molecule has 150 valence electrons. The van der Waals surface area contributed by atoms with Crippen molar-refractivity contribution in [3.05, 3.63) is 45.8 Å². The molecule has 0 fully saturated rings. The second-order valence-corrected chi connectivity index (χ2v) is 10.7. The monoisotopic (exact) mass is 517 g/mol. The van der Waals surface area contributed by atoms with Crippen LogP contribution in [-0.4, -0.2) is 52.6 Å². The van der Waals surface area contributed by atoms with E-state index in [-0.39, 0.29) is 19.0 Å². The second kappa shape index (κ2) is 7.48. The number of hydroxylamine groups is 1. The van der Waals surface area contributed by atoms with Gasteiger partial charge in [0.2, 0.25) is 0 Å². The number of fused-ring (bicyclic) bond motifs is 1. The molecule has 28 heavy (non-hydrogen) atoms. The van der Waals surface area contributed by atoms with Gasteiger partial charge in [-0.3, -0.25) is 14.6 Å². The maximum absolute atomic E-state index is 12.7. The van der Waals surface area contributed by atoms with E-state index in [1.807, 2.05) is 30.3 Å². The molecule has 0 saturated heterocycles. The lowest BCUT2D eigenvalue weighted by Crippen LogP contribution is -2.50. The van der Waals surface area contributed by atoms with Gasteiger partial charge in [0.05, 0.1) is 6.54 Å². The third kappa shape index (κ3) is 3.67. The first-order valence-electron chi connectivity index (χ1n) is 8.47. The minimum absolute atomic E-state index is 0.0658. The van der Waals surface area contributed by atoms with Crippen molar-refractivity contribution in [2.24, 2.45) is 0 Å². The van der Waals surface area contributed by atoms with Crippen LogP contribution in [0.25, 0.3) is 11.1 Å². The molecule has 10 heteroatoms. The molecule has 0 bridgehead atoms. The lowest BCUT2D eigenvalue weighted by molar-refractivity contribution is -0.131. The summed E-state index contributed by atoms with van der Waals surface area (Å²) in [5.41, 5.74) is 4.15. The van der Waals surface area contributed by atoms with Crippen molar-refractivity contribution in [2.75, 3.05) is 12.8 Å². The lowest BCUT2D eigenvalue weighted by Gasteiger charge is -2.27. The summed E-state index contributed by atoms with van der Waals surface area (Å²) in [5.74, 6) is -1.01. The molecule has 1 aliphatic rings. The van der Waals surface area contributed by atoms with Crippen LogP contribution in [0.5, 0.6) is 0 Å². The molecule has 1 unspecified atom stereocenters. The maximum atomic E-state index is 12.7. The zero-order valence-corrected chi connectivity index (χ0v) is 18.3. The number of amides is 2. The Bertz CT molecular complexity index is 1030. The molecule has 2 amide bonds. The molecule has 2 heterocycles. The van der Waals surface area contributed by atoms with Crippen molar-refractivity contribution in [2.45, 2.75) is 24.6 Å². The standard InChI is InChI=1S/C18H20IN3O5S/c1-18(16(23)20-25,28(2,26)27)7-8-21-11-15-9-13(10-22(15)17(21)24)12-3-5-14(19)6-4-12/h3-6,9-10,25H,7-8,11H2,1-2H3,(H,20,23). The first-order chi connectivity index (χ1) is 13.1. The van der Waals surface area contributed by atoms with Gasteiger partial charge in [-0.15, -0.1) is 0 Å². The highest BCUT2D eigenvalue weighted by atomic mass is 127. The fraction of sp³-hybridized carbons (Fsp3) is 0.333. The zero-order valence-electron chi connectivity index (χ0n) is 15.3. The van der Waals surface area contributed by atoms with Crippen molar-refractivity contribution < 1.29 is 23.2 Å². The minimum Gasteiger partial charge on any atom is -0.318 e. The summed E-state index contributed by atoms with van der Waals surface area (Å²) in [4.78, 5) is 26.1. The Morgan fingerprint density at radius 2 is 1.93 bits per heavy atom. The largest absolute Gasteiger partial charge is 0.328 e.